The van der Waals surface area contributed by atoms with Crippen LogP contribution >= 0.6 is 15.9 Å². The number of hydrogen-bond donors (Lipinski definition) is 2. The number of rotatable bonds is 3. The fraction of sp³-hybridized carbons (Fsp3) is 0.462. The summed E-state index contributed by atoms with van der Waals surface area (Å²) in [6.45, 7) is 2.11. The summed E-state index contributed by atoms with van der Waals surface area (Å²) in [4.78, 5) is 11.5. The molecule has 1 aliphatic carbocycles. The van der Waals surface area contributed by atoms with Crippen LogP contribution in [0.4, 0.5) is 4.39 Å². The van der Waals surface area contributed by atoms with Gasteiger partial charge in [0, 0.05) is 10.5 Å². The number of hydrogen-bond acceptors (Lipinski definition) is 3. The Hall–Kier alpha value is -0.990. The SMILES string of the molecule is CC1CCC(NC(=O)c2cc(S(N)(=O)=O)c(F)cc2Br)C1. The number of nitrogens with two attached hydrogens (primary N) is 1. The Morgan fingerprint density at radius 3 is 2.62 bits per heavy atom. The van der Waals surface area contributed by atoms with Crippen molar-refractivity contribution in [1.29, 1.82) is 0 Å². The monoisotopic (exact) mass is 378 g/mol. The summed E-state index contributed by atoms with van der Waals surface area (Å²) in [5.74, 6) is -0.881. The van der Waals surface area contributed by atoms with Gasteiger partial charge in [0.25, 0.3) is 5.91 Å². The Morgan fingerprint density at radius 2 is 2.10 bits per heavy atom. The first-order valence-corrected chi connectivity index (χ1v) is 8.85. The third-order valence-electron chi connectivity index (χ3n) is 3.60. The molecule has 5 nitrogen and oxygen atoms in total. The van der Waals surface area contributed by atoms with Gasteiger partial charge < -0.3 is 5.32 Å². The third-order valence-corrected chi connectivity index (χ3v) is 5.18. The lowest BCUT2D eigenvalue weighted by Gasteiger charge is -2.14. The van der Waals surface area contributed by atoms with Gasteiger partial charge in [-0.2, -0.15) is 0 Å². The summed E-state index contributed by atoms with van der Waals surface area (Å²) >= 11 is 3.07. The molecule has 0 radical (unpaired) electrons. The third kappa shape index (κ3) is 3.81. The molecule has 0 aromatic heterocycles. The lowest BCUT2D eigenvalue weighted by molar-refractivity contribution is 0.0936. The van der Waals surface area contributed by atoms with E-state index in [4.69, 9.17) is 5.14 Å². The Balaban J connectivity index is 2.29. The number of benzene rings is 1. The van der Waals surface area contributed by atoms with E-state index >= 15 is 0 Å². The van der Waals surface area contributed by atoms with Crippen molar-refractivity contribution in [2.24, 2.45) is 11.1 Å². The summed E-state index contributed by atoms with van der Waals surface area (Å²) in [6, 6.07) is 1.95. The minimum absolute atomic E-state index is 0.0555. The van der Waals surface area contributed by atoms with Crippen LogP contribution in [0.1, 0.15) is 36.5 Å². The first-order chi connectivity index (χ1) is 9.68. The lowest BCUT2D eigenvalue weighted by Crippen LogP contribution is -2.33. The van der Waals surface area contributed by atoms with Crippen LogP contribution in [0, 0.1) is 11.7 Å². The molecule has 1 aromatic carbocycles. The van der Waals surface area contributed by atoms with E-state index in [0.29, 0.717) is 5.92 Å². The van der Waals surface area contributed by atoms with E-state index < -0.39 is 26.6 Å². The number of primary sulfonamides is 1. The molecule has 0 bridgehead atoms. The fourth-order valence-corrected chi connectivity index (χ4v) is 3.63. The fourth-order valence-electron chi connectivity index (χ4n) is 2.52. The van der Waals surface area contributed by atoms with Crippen LogP contribution in [0.25, 0.3) is 0 Å². The summed E-state index contributed by atoms with van der Waals surface area (Å²) in [5, 5.41) is 7.78. The number of carbonyl (C=O) groups excluding carboxylic acids is 1. The van der Waals surface area contributed by atoms with E-state index in [9.17, 15) is 17.6 Å². The second-order valence-corrected chi connectivity index (χ2v) is 7.78. The first kappa shape index (κ1) is 16.4. The van der Waals surface area contributed by atoms with E-state index in [1.54, 1.807) is 0 Å². The van der Waals surface area contributed by atoms with Gasteiger partial charge in [-0.25, -0.2) is 17.9 Å². The molecule has 0 aliphatic heterocycles. The zero-order valence-corrected chi connectivity index (χ0v) is 13.8. The number of carbonyl (C=O) groups is 1. The van der Waals surface area contributed by atoms with Gasteiger partial charge in [0.1, 0.15) is 10.7 Å². The molecule has 1 saturated carbocycles. The summed E-state index contributed by atoms with van der Waals surface area (Å²) in [6.07, 6.45) is 2.80. The molecule has 3 N–H and O–H groups in total. The van der Waals surface area contributed by atoms with Gasteiger partial charge in [-0.05, 0) is 53.2 Å². The molecule has 0 heterocycles. The molecule has 0 spiro atoms. The maximum atomic E-state index is 13.6. The topological polar surface area (TPSA) is 89.3 Å². The standard InChI is InChI=1S/C13H16BrFN2O3S/c1-7-2-3-8(4-7)17-13(18)9-5-12(21(16,19)20)11(15)6-10(9)14/h5-8H,2-4H2,1H3,(H,17,18)(H2,16,19,20). The molecule has 2 unspecified atom stereocenters. The molecular formula is C13H16BrFN2O3S. The van der Waals surface area contributed by atoms with E-state index in [-0.39, 0.29) is 16.1 Å². The van der Waals surface area contributed by atoms with Crippen molar-refractivity contribution in [3.05, 3.63) is 28.0 Å². The zero-order valence-electron chi connectivity index (χ0n) is 11.4. The average Bonchev–Trinajstić information content (AvgIpc) is 2.72. The average molecular weight is 379 g/mol. The van der Waals surface area contributed by atoms with Crippen molar-refractivity contribution in [3.8, 4) is 0 Å². The molecule has 8 heteroatoms. The van der Waals surface area contributed by atoms with Crippen molar-refractivity contribution in [2.45, 2.75) is 37.1 Å². The van der Waals surface area contributed by atoms with Crippen LogP contribution in [0.15, 0.2) is 21.5 Å². The highest BCUT2D eigenvalue weighted by molar-refractivity contribution is 9.10. The largest absolute Gasteiger partial charge is 0.349 e. The molecule has 21 heavy (non-hydrogen) atoms. The second-order valence-electron chi connectivity index (χ2n) is 5.40. The lowest BCUT2D eigenvalue weighted by atomic mass is 10.1. The number of nitrogens with one attached hydrogen (secondary N) is 1. The predicted molar refractivity (Wildman–Crippen MR) is 79.7 cm³/mol. The number of sulfonamides is 1. The van der Waals surface area contributed by atoms with Gasteiger partial charge >= 0.3 is 0 Å². The molecule has 1 aromatic rings. The van der Waals surface area contributed by atoms with Gasteiger partial charge in [-0.3, -0.25) is 4.79 Å². The smallest absolute Gasteiger partial charge is 0.252 e. The van der Waals surface area contributed by atoms with Gasteiger partial charge in [0.2, 0.25) is 10.0 Å². The van der Waals surface area contributed by atoms with Crippen molar-refractivity contribution in [2.75, 3.05) is 0 Å². The van der Waals surface area contributed by atoms with Crippen LogP contribution in [-0.4, -0.2) is 20.4 Å². The maximum Gasteiger partial charge on any atom is 0.252 e. The molecule has 0 saturated heterocycles. The molecule has 1 aliphatic rings. The molecule has 1 amide bonds. The minimum Gasteiger partial charge on any atom is -0.349 e. The highest BCUT2D eigenvalue weighted by atomic mass is 79.9. The van der Waals surface area contributed by atoms with Crippen molar-refractivity contribution < 1.29 is 17.6 Å². The van der Waals surface area contributed by atoms with Crippen molar-refractivity contribution >= 4 is 31.9 Å². The van der Waals surface area contributed by atoms with Crippen LogP contribution < -0.4 is 10.5 Å². The van der Waals surface area contributed by atoms with E-state index in [2.05, 4.69) is 28.2 Å². The van der Waals surface area contributed by atoms with Crippen LogP contribution in [0.3, 0.4) is 0 Å². The van der Waals surface area contributed by atoms with Crippen LogP contribution in [0.5, 0.6) is 0 Å². The molecule has 2 atom stereocenters. The number of halogens is 2. The molecular weight excluding hydrogens is 363 g/mol. The Kier molecular flexibility index (Phi) is 4.69. The maximum absolute atomic E-state index is 13.6. The highest BCUT2D eigenvalue weighted by Crippen LogP contribution is 2.27. The Labute approximate surface area is 131 Å². The van der Waals surface area contributed by atoms with Crippen molar-refractivity contribution in [3.63, 3.8) is 0 Å². The quantitative estimate of drug-likeness (QED) is 0.844. The van der Waals surface area contributed by atoms with Crippen molar-refractivity contribution in [1.82, 2.24) is 5.32 Å². The van der Waals surface area contributed by atoms with E-state index in [1.807, 2.05) is 0 Å². The highest BCUT2D eigenvalue weighted by Gasteiger charge is 2.25. The summed E-state index contributed by atoms with van der Waals surface area (Å²) in [5.41, 5.74) is 0.0555. The Morgan fingerprint density at radius 1 is 1.43 bits per heavy atom. The molecule has 116 valence electrons. The predicted octanol–water partition coefficient (Wildman–Crippen LogP) is 2.15. The van der Waals surface area contributed by atoms with E-state index in [0.717, 1.165) is 31.4 Å². The molecule has 1 fully saturated rings. The summed E-state index contributed by atoms with van der Waals surface area (Å²) < 4.78 is 36.5. The second kappa shape index (κ2) is 6.02. The zero-order chi connectivity index (χ0) is 15.8. The normalized spacial score (nSPS) is 22.3. The Bertz CT molecular complexity index is 678. The van der Waals surface area contributed by atoms with Gasteiger partial charge in [-0.1, -0.05) is 6.92 Å². The van der Waals surface area contributed by atoms with Gasteiger partial charge in [0.05, 0.1) is 5.56 Å². The van der Waals surface area contributed by atoms with Crippen LogP contribution in [-0.2, 0) is 10.0 Å². The summed E-state index contributed by atoms with van der Waals surface area (Å²) in [7, 11) is -4.22. The van der Waals surface area contributed by atoms with Gasteiger partial charge in [0.15, 0.2) is 0 Å². The minimum atomic E-state index is -4.22. The van der Waals surface area contributed by atoms with Gasteiger partial charge in [-0.15, -0.1) is 0 Å². The first-order valence-electron chi connectivity index (χ1n) is 6.51. The van der Waals surface area contributed by atoms with Crippen LogP contribution in [0.2, 0.25) is 0 Å². The van der Waals surface area contributed by atoms with E-state index in [1.165, 1.54) is 0 Å². The molecule has 2 rings (SSSR count). The number of amides is 1.